The van der Waals surface area contributed by atoms with Crippen LogP contribution in [-0.2, 0) is 10.0 Å². The molecule has 2 aromatic carbocycles. The van der Waals surface area contributed by atoms with Crippen LogP contribution in [0.3, 0.4) is 0 Å². The predicted molar refractivity (Wildman–Crippen MR) is 109 cm³/mol. The van der Waals surface area contributed by atoms with E-state index in [-0.39, 0.29) is 33.0 Å². The Kier molecular flexibility index (Phi) is 6.90. The Balaban J connectivity index is 2.37. The standard InChI is InChI=1S/C19H18Cl2N2O3S/c1-4-13-6-5-7-14(8-13)23-19(24)15-9-18(17(21)10-16(15)20)27(25,26)22-11-12(2)3/h1,5-10,12,22H,11H2,2-3H3,(H,23,24). The van der Waals surface area contributed by atoms with E-state index in [1.165, 1.54) is 6.07 Å². The van der Waals surface area contributed by atoms with Gasteiger partial charge in [-0.15, -0.1) is 6.42 Å². The summed E-state index contributed by atoms with van der Waals surface area (Å²) in [7, 11) is -3.89. The van der Waals surface area contributed by atoms with E-state index in [1.807, 2.05) is 13.8 Å². The Hall–Kier alpha value is -2.04. The highest BCUT2D eigenvalue weighted by atomic mass is 35.5. The van der Waals surface area contributed by atoms with E-state index >= 15 is 0 Å². The maximum absolute atomic E-state index is 12.6. The summed E-state index contributed by atoms with van der Waals surface area (Å²) in [6.45, 7) is 3.98. The summed E-state index contributed by atoms with van der Waals surface area (Å²) in [5.74, 6) is 2.00. The number of amides is 1. The van der Waals surface area contributed by atoms with E-state index < -0.39 is 15.9 Å². The van der Waals surface area contributed by atoms with Gasteiger partial charge in [-0.2, -0.15) is 0 Å². The van der Waals surface area contributed by atoms with Gasteiger partial charge in [0.25, 0.3) is 5.91 Å². The van der Waals surface area contributed by atoms with Crippen molar-refractivity contribution in [3.8, 4) is 12.3 Å². The van der Waals surface area contributed by atoms with E-state index in [2.05, 4.69) is 16.0 Å². The molecule has 0 aliphatic carbocycles. The third-order valence-electron chi connectivity index (χ3n) is 3.52. The van der Waals surface area contributed by atoms with Crippen molar-refractivity contribution in [2.75, 3.05) is 11.9 Å². The maximum Gasteiger partial charge on any atom is 0.257 e. The summed E-state index contributed by atoms with van der Waals surface area (Å²) in [6.07, 6.45) is 5.35. The normalized spacial score (nSPS) is 11.3. The Labute approximate surface area is 169 Å². The molecular formula is C19H18Cl2N2O3S. The third-order valence-corrected chi connectivity index (χ3v) is 5.73. The smallest absolute Gasteiger partial charge is 0.257 e. The Morgan fingerprint density at radius 1 is 1.19 bits per heavy atom. The first-order valence-electron chi connectivity index (χ1n) is 8.00. The van der Waals surface area contributed by atoms with Crippen LogP contribution in [0.2, 0.25) is 10.0 Å². The van der Waals surface area contributed by atoms with Gasteiger partial charge < -0.3 is 5.32 Å². The number of hydrogen-bond donors (Lipinski definition) is 2. The first-order chi connectivity index (χ1) is 12.6. The maximum atomic E-state index is 12.6. The number of nitrogens with one attached hydrogen (secondary N) is 2. The third kappa shape index (κ3) is 5.47. The van der Waals surface area contributed by atoms with Crippen molar-refractivity contribution < 1.29 is 13.2 Å². The van der Waals surface area contributed by atoms with Crippen LogP contribution >= 0.6 is 23.2 Å². The Bertz CT molecular complexity index is 1010. The van der Waals surface area contributed by atoms with Gasteiger partial charge in [0, 0.05) is 17.8 Å². The van der Waals surface area contributed by atoms with Gasteiger partial charge in [0.2, 0.25) is 10.0 Å². The molecule has 2 aromatic rings. The lowest BCUT2D eigenvalue weighted by Gasteiger charge is -2.13. The number of anilines is 1. The Morgan fingerprint density at radius 2 is 1.89 bits per heavy atom. The van der Waals surface area contributed by atoms with Crippen LogP contribution in [0.5, 0.6) is 0 Å². The molecule has 1 amide bonds. The van der Waals surface area contributed by atoms with E-state index in [9.17, 15) is 13.2 Å². The van der Waals surface area contributed by atoms with E-state index in [0.29, 0.717) is 11.3 Å². The number of rotatable bonds is 6. The molecule has 0 saturated heterocycles. The zero-order chi connectivity index (χ0) is 20.2. The van der Waals surface area contributed by atoms with Crippen molar-refractivity contribution in [1.82, 2.24) is 4.72 Å². The second-order valence-corrected chi connectivity index (χ2v) is 8.74. The first kappa shape index (κ1) is 21.3. The summed E-state index contributed by atoms with van der Waals surface area (Å²) < 4.78 is 27.4. The van der Waals surface area contributed by atoms with Gasteiger partial charge in [0.15, 0.2) is 0 Å². The van der Waals surface area contributed by atoms with Crippen molar-refractivity contribution in [1.29, 1.82) is 0 Å². The lowest BCUT2D eigenvalue weighted by atomic mass is 10.2. The highest BCUT2D eigenvalue weighted by Crippen LogP contribution is 2.29. The van der Waals surface area contributed by atoms with Crippen molar-refractivity contribution in [2.45, 2.75) is 18.7 Å². The molecule has 0 radical (unpaired) electrons. The molecule has 0 saturated carbocycles. The van der Waals surface area contributed by atoms with E-state index in [0.717, 1.165) is 6.07 Å². The zero-order valence-corrected chi connectivity index (χ0v) is 17.0. The van der Waals surface area contributed by atoms with Gasteiger partial charge in [-0.25, -0.2) is 13.1 Å². The van der Waals surface area contributed by atoms with Crippen molar-refractivity contribution in [2.24, 2.45) is 5.92 Å². The average molecular weight is 425 g/mol. The molecule has 5 nitrogen and oxygen atoms in total. The first-order valence-corrected chi connectivity index (χ1v) is 10.2. The molecule has 2 rings (SSSR count). The molecule has 0 fully saturated rings. The SMILES string of the molecule is C#Cc1cccc(NC(=O)c2cc(S(=O)(=O)NCC(C)C)c(Cl)cc2Cl)c1. The molecule has 0 aliphatic rings. The van der Waals surface area contributed by atoms with Crippen LogP contribution in [0.25, 0.3) is 0 Å². The largest absolute Gasteiger partial charge is 0.322 e. The van der Waals surface area contributed by atoms with Gasteiger partial charge in [0.05, 0.1) is 15.6 Å². The fourth-order valence-electron chi connectivity index (χ4n) is 2.15. The van der Waals surface area contributed by atoms with Gasteiger partial charge in [-0.3, -0.25) is 4.79 Å². The topological polar surface area (TPSA) is 75.3 Å². The minimum Gasteiger partial charge on any atom is -0.322 e. The van der Waals surface area contributed by atoms with Crippen LogP contribution in [0.1, 0.15) is 29.8 Å². The number of terminal acetylenes is 1. The molecular weight excluding hydrogens is 407 g/mol. The quantitative estimate of drug-likeness (QED) is 0.683. The molecule has 0 unspecified atom stereocenters. The molecule has 0 spiro atoms. The number of halogens is 2. The predicted octanol–water partition coefficient (Wildman–Crippen LogP) is 4.16. The monoisotopic (exact) mass is 424 g/mol. The van der Waals surface area contributed by atoms with Crippen molar-refractivity contribution in [3.63, 3.8) is 0 Å². The van der Waals surface area contributed by atoms with E-state index in [4.69, 9.17) is 29.6 Å². The Morgan fingerprint density at radius 3 is 2.52 bits per heavy atom. The number of carbonyl (C=O) groups is 1. The summed E-state index contributed by atoms with van der Waals surface area (Å²) in [5.41, 5.74) is 1.04. The highest BCUT2D eigenvalue weighted by Gasteiger charge is 2.23. The molecule has 2 N–H and O–H groups in total. The number of carbonyl (C=O) groups excluding carboxylic acids is 1. The minimum absolute atomic E-state index is 0.0166. The second kappa shape index (κ2) is 8.77. The average Bonchev–Trinajstić information content (AvgIpc) is 2.60. The lowest BCUT2D eigenvalue weighted by Crippen LogP contribution is -2.28. The summed E-state index contributed by atoms with van der Waals surface area (Å²) >= 11 is 12.2. The van der Waals surface area contributed by atoms with Gasteiger partial charge in [-0.1, -0.05) is 49.0 Å². The van der Waals surface area contributed by atoms with Crippen LogP contribution in [0.15, 0.2) is 41.3 Å². The van der Waals surface area contributed by atoms with Gasteiger partial charge in [0.1, 0.15) is 4.90 Å². The summed E-state index contributed by atoms with van der Waals surface area (Å²) in [5, 5.41) is 2.61. The van der Waals surface area contributed by atoms with Crippen LogP contribution in [0.4, 0.5) is 5.69 Å². The fraction of sp³-hybridized carbons (Fsp3) is 0.211. The number of benzene rings is 2. The highest BCUT2D eigenvalue weighted by molar-refractivity contribution is 7.89. The second-order valence-electron chi connectivity index (χ2n) is 6.19. The lowest BCUT2D eigenvalue weighted by molar-refractivity contribution is 0.102. The van der Waals surface area contributed by atoms with Crippen molar-refractivity contribution in [3.05, 3.63) is 57.6 Å². The van der Waals surface area contributed by atoms with Gasteiger partial charge in [-0.05, 0) is 36.2 Å². The molecule has 8 heteroatoms. The van der Waals surface area contributed by atoms with Crippen LogP contribution in [0, 0.1) is 18.3 Å². The molecule has 0 atom stereocenters. The molecule has 27 heavy (non-hydrogen) atoms. The summed E-state index contributed by atoms with van der Waals surface area (Å²) in [4.78, 5) is 12.4. The minimum atomic E-state index is -3.89. The van der Waals surface area contributed by atoms with Crippen LogP contribution < -0.4 is 10.0 Å². The zero-order valence-electron chi connectivity index (χ0n) is 14.7. The summed E-state index contributed by atoms with van der Waals surface area (Å²) in [6, 6.07) is 9.08. The molecule has 0 bridgehead atoms. The van der Waals surface area contributed by atoms with Crippen LogP contribution in [-0.4, -0.2) is 20.9 Å². The molecule has 0 aromatic heterocycles. The molecule has 142 valence electrons. The fourth-order valence-corrected chi connectivity index (χ4v) is 4.22. The van der Waals surface area contributed by atoms with E-state index in [1.54, 1.807) is 24.3 Å². The molecule has 0 heterocycles. The van der Waals surface area contributed by atoms with Gasteiger partial charge >= 0.3 is 0 Å². The number of hydrogen-bond acceptors (Lipinski definition) is 3. The molecule has 0 aliphatic heterocycles. The number of sulfonamides is 1. The van der Waals surface area contributed by atoms with Crippen molar-refractivity contribution >= 4 is 44.8 Å².